The summed E-state index contributed by atoms with van der Waals surface area (Å²) >= 11 is 0. The average Bonchev–Trinajstić information content (AvgIpc) is 1.69. The normalized spacial score (nSPS) is 10.6. The molecule has 0 atom stereocenters. The highest BCUT2D eigenvalue weighted by molar-refractivity contribution is 5.56. The average molecular weight is 101 g/mol. The van der Waals surface area contributed by atoms with Gasteiger partial charge < -0.3 is 10.1 Å². The molecule has 42 valence electrons. The molecule has 0 rings (SSSR count). The highest BCUT2D eigenvalue weighted by Crippen LogP contribution is 1.79. The van der Waals surface area contributed by atoms with Crippen LogP contribution < -0.4 is 0 Å². The maximum absolute atomic E-state index is 8.23. The van der Waals surface area contributed by atoms with Gasteiger partial charge in [-0.25, -0.2) is 0 Å². The van der Waals surface area contributed by atoms with Gasteiger partial charge in [0.25, 0.3) is 0 Å². The van der Waals surface area contributed by atoms with Crippen molar-refractivity contribution in [3.05, 3.63) is 0 Å². The Kier molecular flexibility index (Phi) is 5.33. The van der Waals surface area contributed by atoms with Crippen molar-refractivity contribution in [3.8, 4) is 0 Å². The largest absolute Gasteiger partial charge is 0.396 e. The molecule has 0 unspecified atom stereocenters. The minimum atomic E-state index is 0.270. The zero-order valence-corrected chi connectivity index (χ0v) is 4.59. The van der Waals surface area contributed by atoms with Gasteiger partial charge in [-0.05, 0) is 19.1 Å². The van der Waals surface area contributed by atoms with E-state index in [1.54, 1.807) is 13.3 Å². The van der Waals surface area contributed by atoms with Gasteiger partial charge in [0, 0.05) is 13.7 Å². The fourth-order valence-electron chi connectivity index (χ4n) is 0.312. The van der Waals surface area contributed by atoms with Gasteiger partial charge in [0.05, 0.1) is 0 Å². The molecular formula is C5H11NO. The van der Waals surface area contributed by atoms with Crippen LogP contribution in [0.3, 0.4) is 0 Å². The van der Waals surface area contributed by atoms with Gasteiger partial charge >= 0.3 is 0 Å². The molecule has 0 fully saturated rings. The van der Waals surface area contributed by atoms with Crippen molar-refractivity contribution in [2.24, 2.45) is 4.99 Å². The Balaban J connectivity index is 2.69. The second-order valence-corrected chi connectivity index (χ2v) is 1.31. The Morgan fingerprint density at radius 1 is 1.71 bits per heavy atom. The number of hydrogen-bond acceptors (Lipinski definition) is 2. The molecule has 0 aromatic rings. The summed E-state index contributed by atoms with van der Waals surface area (Å²) in [7, 11) is 1.73. The van der Waals surface area contributed by atoms with E-state index in [0.717, 1.165) is 12.8 Å². The van der Waals surface area contributed by atoms with Gasteiger partial charge in [-0.2, -0.15) is 0 Å². The molecule has 0 aromatic carbocycles. The lowest BCUT2D eigenvalue weighted by molar-refractivity contribution is 0.291. The molecular weight excluding hydrogens is 90.1 g/mol. The predicted molar refractivity (Wildman–Crippen MR) is 30.7 cm³/mol. The van der Waals surface area contributed by atoms with Gasteiger partial charge in [-0.3, -0.25) is 0 Å². The lowest BCUT2D eigenvalue weighted by atomic mass is 10.3. The molecule has 0 aromatic heterocycles. The van der Waals surface area contributed by atoms with Crippen LogP contribution in [0.5, 0.6) is 0 Å². The fraction of sp³-hybridized carbons (Fsp3) is 0.800. The van der Waals surface area contributed by atoms with E-state index in [1.165, 1.54) is 0 Å². The van der Waals surface area contributed by atoms with Gasteiger partial charge in [-0.1, -0.05) is 0 Å². The lowest BCUT2D eigenvalue weighted by Gasteiger charge is -1.83. The second kappa shape index (κ2) is 5.63. The number of aliphatic hydroxyl groups excluding tert-OH is 1. The molecule has 0 radical (unpaired) electrons. The third-order valence-corrected chi connectivity index (χ3v) is 0.674. The fourth-order valence-corrected chi connectivity index (χ4v) is 0.312. The van der Waals surface area contributed by atoms with Crippen LogP contribution >= 0.6 is 0 Å². The molecule has 0 heterocycles. The van der Waals surface area contributed by atoms with E-state index >= 15 is 0 Å². The summed E-state index contributed by atoms with van der Waals surface area (Å²) < 4.78 is 0. The molecule has 0 saturated heterocycles. The SMILES string of the molecule is CN=CCCCO. The molecule has 0 aliphatic heterocycles. The zero-order valence-electron chi connectivity index (χ0n) is 4.59. The molecule has 0 spiro atoms. The lowest BCUT2D eigenvalue weighted by Crippen LogP contribution is -1.81. The Bertz CT molecular complexity index is 52.0. The second-order valence-electron chi connectivity index (χ2n) is 1.31. The molecule has 0 bridgehead atoms. The third kappa shape index (κ3) is 5.63. The first-order valence-corrected chi connectivity index (χ1v) is 2.43. The van der Waals surface area contributed by atoms with E-state index in [-0.39, 0.29) is 6.61 Å². The molecule has 2 nitrogen and oxygen atoms in total. The first-order chi connectivity index (χ1) is 3.41. The first-order valence-electron chi connectivity index (χ1n) is 2.43. The van der Waals surface area contributed by atoms with Gasteiger partial charge in [0.2, 0.25) is 0 Å². The molecule has 0 amide bonds. The van der Waals surface area contributed by atoms with Crippen LogP contribution in [-0.4, -0.2) is 25.0 Å². The number of nitrogens with zero attached hydrogens (tertiary/aromatic N) is 1. The summed E-state index contributed by atoms with van der Waals surface area (Å²) in [5, 5.41) is 8.23. The van der Waals surface area contributed by atoms with E-state index in [9.17, 15) is 0 Å². The number of aliphatic hydroxyl groups is 1. The van der Waals surface area contributed by atoms with Gasteiger partial charge in [0.15, 0.2) is 0 Å². The van der Waals surface area contributed by atoms with Crippen molar-refractivity contribution < 1.29 is 5.11 Å². The Hall–Kier alpha value is -0.370. The molecule has 7 heavy (non-hydrogen) atoms. The van der Waals surface area contributed by atoms with Gasteiger partial charge in [0.1, 0.15) is 0 Å². The van der Waals surface area contributed by atoms with Crippen molar-refractivity contribution in [3.63, 3.8) is 0 Å². The van der Waals surface area contributed by atoms with Gasteiger partial charge in [-0.15, -0.1) is 0 Å². The molecule has 0 aliphatic rings. The van der Waals surface area contributed by atoms with Crippen molar-refractivity contribution in [2.75, 3.05) is 13.7 Å². The minimum absolute atomic E-state index is 0.270. The van der Waals surface area contributed by atoms with Crippen molar-refractivity contribution >= 4 is 6.21 Å². The predicted octanol–water partition coefficient (Wildman–Crippen LogP) is 0.460. The highest BCUT2D eigenvalue weighted by atomic mass is 16.2. The van der Waals surface area contributed by atoms with Crippen LogP contribution in [0, 0.1) is 0 Å². The topological polar surface area (TPSA) is 32.6 Å². The van der Waals surface area contributed by atoms with Crippen LogP contribution in [0.25, 0.3) is 0 Å². The smallest absolute Gasteiger partial charge is 0.0434 e. The number of hydrogen-bond donors (Lipinski definition) is 1. The quantitative estimate of drug-likeness (QED) is 0.406. The Morgan fingerprint density at radius 3 is 2.86 bits per heavy atom. The molecule has 2 heteroatoms. The maximum atomic E-state index is 8.23. The van der Waals surface area contributed by atoms with Crippen LogP contribution in [0.2, 0.25) is 0 Å². The maximum Gasteiger partial charge on any atom is 0.0434 e. The summed E-state index contributed by atoms with van der Waals surface area (Å²) in [5.41, 5.74) is 0. The van der Waals surface area contributed by atoms with Crippen molar-refractivity contribution in [1.29, 1.82) is 0 Å². The van der Waals surface area contributed by atoms with Crippen molar-refractivity contribution in [1.82, 2.24) is 0 Å². The summed E-state index contributed by atoms with van der Waals surface area (Å²) in [5.74, 6) is 0. The Labute approximate surface area is 43.9 Å². The van der Waals surface area contributed by atoms with Crippen molar-refractivity contribution in [2.45, 2.75) is 12.8 Å². The standard InChI is InChI=1S/C5H11NO/c1-6-4-2-3-5-7/h4,7H,2-3,5H2,1H3. The summed E-state index contributed by atoms with van der Waals surface area (Å²) in [6, 6.07) is 0. The van der Waals surface area contributed by atoms with E-state index in [4.69, 9.17) is 5.11 Å². The van der Waals surface area contributed by atoms with E-state index in [0.29, 0.717) is 0 Å². The molecule has 0 saturated carbocycles. The Morgan fingerprint density at radius 2 is 2.43 bits per heavy atom. The van der Waals surface area contributed by atoms with Crippen LogP contribution in [-0.2, 0) is 0 Å². The van der Waals surface area contributed by atoms with Crippen LogP contribution in [0.1, 0.15) is 12.8 Å². The monoisotopic (exact) mass is 101 g/mol. The number of unbranched alkanes of at least 4 members (excludes halogenated alkanes) is 1. The first kappa shape index (κ1) is 6.63. The summed E-state index contributed by atoms with van der Waals surface area (Å²) in [6.45, 7) is 0.270. The summed E-state index contributed by atoms with van der Waals surface area (Å²) in [4.78, 5) is 3.74. The zero-order chi connectivity index (χ0) is 5.54. The molecule has 0 aliphatic carbocycles. The number of rotatable bonds is 3. The number of aliphatic imine (C=N–C) groups is 1. The van der Waals surface area contributed by atoms with E-state index in [1.807, 2.05) is 0 Å². The highest BCUT2D eigenvalue weighted by Gasteiger charge is 1.75. The van der Waals surface area contributed by atoms with E-state index < -0.39 is 0 Å². The summed E-state index contributed by atoms with van der Waals surface area (Å²) in [6.07, 6.45) is 3.53. The van der Waals surface area contributed by atoms with Crippen LogP contribution in [0.15, 0.2) is 4.99 Å². The third-order valence-electron chi connectivity index (χ3n) is 0.674. The van der Waals surface area contributed by atoms with E-state index in [2.05, 4.69) is 4.99 Å². The minimum Gasteiger partial charge on any atom is -0.396 e. The molecule has 1 N–H and O–H groups in total. The van der Waals surface area contributed by atoms with Crippen LogP contribution in [0.4, 0.5) is 0 Å².